The Labute approximate surface area is 180 Å². The lowest BCUT2D eigenvalue weighted by Gasteiger charge is -2.28. The molecule has 160 valence electrons. The molecule has 2 aliphatic rings. The normalized spacial score (nSPS) is 20.2. The smallest absolute Gasteiger partial charge is 0.257 e. The molecule has 2 aromatic rings. The van der Waals surface area contributed by atoms with Crippen LogP contribution in [0.2, 0.25) is 0 Å². The van der Waals surface area contributed by atoms with Crippen LogP contribution in [0.4, 0.5) is 5.69 Å². The molecule has 1 aromatic heterocycles. The third kappa shape index (κ3) is 5.07. The van der Waals surface area contributed by atoms with E-state index in [1.807, 2.05) is 23.6 Å². The Morgan fingerprint density at radius 3 is 2.77 bits per heavy atom. The Hall–Kier alpha value is -2.27. The summed E-state index contributed by atoms with van der Waals surface area (Å²) in [5, 5.41) is 8.26. The minimum Gasteiger partial charge on any atom is -0.379 e. The van der Waals surface area contributed by atoms with Crippen molar-refractivity contribution in [3.05, 3.63) is 52.2 Å². The van der Waals surface area contributed by atoms with Gasteiger partial charge in [0.2, 0.25) is 10.0 Å². The molecule has 0 spiro atoms. The Morgan fingerprint density at radius 2 is 2.07 bits per heavy atom. The molecule has 3 heterocycles. The van der Waals surface area contributed by atoms with Crippen LogP contribution in [0.5, 0.6) is 0 Å². The molecule has 1 N–H and O–H groups in total. The number of hydrazone groups is 1. The van der Waals surface area contributed by atoms with Crippen molar-refractivity contribution < 1.29 is 17.9 Å². The Balaban J connectivity index is 1.58. The van der Waals surface area contributed by atoms with Crippen LogP contribution in [0, 0.1) is 0 Å². The molecule has 10 heteroatoms. The first kappa shape index (κ1) is 21.0. The number of nitrogens with one attached hydrogen (secondary N) is 1. The predicted molar refractivity (Wildman–Crippen MR) is 117 cm³/mol. The average molecular weight is 449 g/mol. The maximum Gasteiger partial charge on any atom is 0.257 e. The lowest BCUT2D eigenvalue weighted by molar-refractivity contribution is -0.135. The molecule has 1 atom stereocenters. The molecule has 30 heavy (non-hydrogen) atoms. The van der Waals surface area contributed by atoms with Gasteiger partial charge in [0.25, 0.3) is 5.91 Å². The molecule has 0 radical (unpaired) electrons. The number of ether oxygens (including phenoxy) is 1. The second kappa shape index (κ2) is 8.84. The topological polar surface area (TPSA) is 91.3 Å². The lowest BCUT2D eigenvalue weighted by Crippen LogP contribution is -2.43. The highest BCUT2D eigenvalue weighted by Gasteiger charge is 2.34. The van der Waals surface area contributed by atoms with Crippen LogP contribution in [-0.2, 0) is 19.6 Å². The SMILES string of the molecule is CS(=O)(=O)Nc1cccc(C2=NN(C(=O)CN3CCOCC3)[C@H](c3cccs3)C2)c1. The number of rotatable bonds is 6. The van der Waals surface area contributed by atoms with E-state index in [0.717, 1.165) is 35.5 Å². The summed E-state index contributed by atoms with van der Waals surface area (Å²) in [6.45, 7) is 3.04. The number of amides is 1. The number of hydrogen-bond donors (Lipinski definition) is 1. The highest BCUT2D eigenvalue weighted by atomic mass is 32.2. The molecule has 2 aliphatic heterocycles. The van der Waals surface area contributed by atoms with Crippen molar-refractivity contribution in [1.82, 2.24) is 9.91 Å². The first-order valence-corrected chi connectivity index (χ1v) is 12.5. The van der Waals surface area contributed by atoms with Gasteiger partial charge in [-0.15, -0.1) is 11.3 Å². The third-order valence-corrected chi connectivity index (χ3v) is 6.58. The molecule has 1 aromatic carbocycles. The highest BCUT2D eigenvalue weighted by Crippen LogP contribution is 2.35. The molecule has 1 fully saturated rings. The summed E-state index contributed by atoms with van der Waals surface area (Å²) in [5.74, 6) is -0.0456. The fourth-order valence-corrected chi connectivity index (χ4v) is 4.98. The number of sulfonamides is 1. The van der Waals surface area contributed by atoms with Gasteiger partial charge in [0.1, 0.15) is 0 Å². The van der Waals surface area contributed by atoms with Gasteiger partial charge in [-0.25, -0.2) is 13.4 Å². The van der Waals surface area contributed by atoms with Crippen LogP contribution in [-0.4, -0.2) is 69.0 Å². The van der Waals surface area contributed by atoms with E-state index in [9.17, 15) is 13.2 Å². The molecular weight excluding hydrogens is 424 g/mol. The molecule has 0 unspecified atom stereocenters. The fraction of sp³-hybridized carbons (Fsp3) is 0.400. The number of nitrogens with zero attached hydrogens (tertiary/aromatic N) is 3. The van der Waals surface area contributed by atoms with Gasteiger partial charge in [-0.2, -0.15) is 5.10 Å². The minimum absolute atomic E-state index is 0.0456. The number of hydrogen-bond acceptors (Lipinski definition) is 7. The molecule has 1 saturated heterocycles. The lowest BCUT2D eigenvalue weighted by atomic mass is 10.0. The van der Waals surface area contributed by atoms with E-state index in [1.165, 1.54) is 0 Å². The van der Waals surface area contributed by atoms with E-state index in [2.05, 4.69) is 14.7 Å². The van der Waals surface area contributed by atoms with Gasteiger partial charge in [0.05, 0.1) is 37.8 Å². The third-order valence-electron chi connectivity index (χ3n) is 5.00. The highest BCUT2D eigenvalue weighted by molar-refractivity contribution is 7.92. The van der Waals surface area contributed by atoms with Crippen LogP contribution in [0.1, 0.15) is 22.9 Å². The van der Waals surface area contributed by atoms with Crippen LogP contribution in [0.3, 0.4) is 0 Å². The minimum atomic E-state index is -3.37. The van der Waals surface area contributed by atoms with Gasteiger partial charge in [-0.1, -0.05) is 18.2 Å². The summed E-state index contributed by atoms with van der Waals surface area (Å²) in [4.78, 5) is 16.3. The van der Waals surface area contributed by atoms with Crippen molar-refractivity contribution in [2.24, 2.45) is 5.10 Å². The largest absolute Gasteiger partial charge is 0.379 e. The van der Waals surface area contributed by atoms with Gasteiger partial charge in [0, 0.05) is 30.1 Å². The van der Waals surface area contributed by atoms with Gasteiger partial charge < -0.3 is 4.74 Å². The zero-order chi connectivity index (χ0) is 21.1. The first-order chi connectivity index (χ1) is 14.4. The molecule has 1 amide bonds. The fourth-order valence-electron chi connectivity index (χ4n) is 3.62. The summed E-state index contributed by atoms with van der Waals surface area (Å²) >= 11 is 1.60. The number of carbonyl (C=O) groups excluding carboxylic acids is 1. The van der Waals surface area contributed by atoms with Gasteiger partial charge in [0.15, 0.2) is 0 Å². The molecule has 0 saturated carbocycles. The van der Waals surface area contributed by atoms with Crippen LogP contribution < -0.4 is 4.72 Å². The standard InChI is InChI=1S/C20H24N4O4S2/c1-30(26,27)22-16-5-2-4-15(12-16)17-13-18(19-6-3-11-29-19)24(21-17)20(25)14-23-7-9-28-10-8-23/h2-6,11-12,18,22H,7-10,13-14H2,1H3/t18-/m0/s1. The van der Waals surface area contributed by atoms with Gasteiger partial charge >= 0.3 is 0 Å². The second-order valence-corrected chi connectivity index (χ2v) is 10.1. The number of carbonyl (C=O) groups is 1. The zero-order valence-corrected chi connectivity index (χ0v) is 18.3. The maximum absolute atomic E-state index is 13.1. The predicted octanol–water partition coefficient (Wildman–Crippen LogP) is 2.13. The summed E-state index contributed by atoms with van der Waals surface area (Å²) in [6, 6.07) is 10.9. The number of anilines is 1. The van der Waals surface area contributed by atoms with E-state index in [0.29, 0.717) is 31.9 Å². The van der Waals surface area contributed by atoms with E-state index < -0.39 is 10.0 Å². The van der Waals surface area contributed by atoms with E-state index in [-0.39, 0.29) is 11.9 Å². The quantitative estimate of drug-likeness (QED) is 0.731. The summed E-state index contributed by atoms with van der Waals surface area (Å²) in [7, 11) is -3.37. The molecule has 8 nitrogen and oxygen atoms in total. The molecule has 4 rings (SSSR count). The Bertz CT molecular complexity index is 1030. The first-order valence-electron chi connectivity index (χ1n) is 9.70. The van der Waals surface area contributed by atoms with Crippen molar-refractivity contribution in [1.29, 1.82) is 0 Å². The second-order valence-electron chi connectivity index (χ2n) is 7.36. The van der Waals surface area contributed by atoms with E-state index >= 15 is 0 Å². The van der Waals surface area contributed by atoms with Crippen molar-refractivity contribution in [3.8, 4) is 0 Å². The van der Waals surface area contributed by atoms with Crippen molar-refractivity contribution in [3.63, 3.8) is 0 Å². The molecular formula is C20H24N4O4S2. The number of thiophene rings is 1. The average Bonchev–Trinajstić information content (AvgIpc) is 3.37. The number of morpholine rings is 1. The van der Waals surface area contributed by atoms with Gasteiger partial charge in [-0.3, -0.25) is 14.4 Å². The summed E-state index contributed by atoms with van der Waals surface area (Å²) < 4.78 is 31.0. The summed E-state index contributed by atoms with van der Waals surface area (Å²) in [5.41, 5.74) is 2.04. The van der Waals surface area contributed by atoms with E-state index in [4.69, 9.17) is 4.74 Å². The van der Waals surface area contributed by atoms with Crippen molar-refractivity contribution >= 4 is 38.7 Å². The molecule has 0 aliphatic carbocycles. The van der Waals surface area contributed by atoms with Crippen LogP contribution >= 0.6 is 11.3 Å². The van der Waals surface area contributed by atoms with Crippen molar-refractivity contribution in [2.75, 3.05) is 43.8 Å². The Kier molecular flexibility index (Phi) is 6.19. The monoisotopic (exact) mass is 448 g/mol. The van der Waals surface area contributed by atoms with Crippen LogP contribution in [0.25, 0.3) is 0 Å². The Morgan fingerprint density at radius 1 is 1.27 bits per heavy atom. The number of benzene rings is 1. The van der Waals surface area contributed by atoms with Crippen molar-refractivity contribution in [2.45, 2.75) is 12.5 Å². The van der Waals surface area contributed by atoms with E-state index in [1.54, 1.807) is 34.5 Å². The summed E-state index contributed by atoms with van der Waals surface area (Å²) in [6.07, 6.45) is 1.70. The zero-order valence-electron chi connectivity index (χ0n) is 16.7. The van der Waals surface area contributed by atoms with Crippen LogP contribution in [0.15, 0.2) is 46.9 Å². The maximum atomic E-state index is 13.1. The molecule has 0 bridgehead atoms. The van der Waals surface area contributed by atoms with Gasteiger partial charge in [-0.05, 0) is 29.1 Å².